The Balaban J connectivity index is 1.59. The maximum absolute atomic E-state index is 13.2. The van der Waals surface area contributed by atoms with Crippen molar-refractivity contribution >= 4 is 47.1 Å². The molecule has 0 aliphatic carbocycles. The quantitative estimate of drug-likeness (QED) is 0.209. The maximum atomic E-state index is 13.2. The lowest BCUT2D eigenvalue weighted by atomic mass is 10.0. The molecule has 14 heteroatoms. The first-order chi connectivity index (χ1) is 20.5. The molecule has 0 bridgehead atoms. The molecule has 43 heavy (non-hydrogen) atoms. The minimum Gasteiger partial charge on any atom is -0.453 e. The van der Waals surface area contributed by atoms with Crippen molar-refractivity contribution in [3.8, 4) is 16.8 Å². The second-order valence-electron chi connectivity index (χ2n) is 10.7. The van der Waals surface area contributed by atoms with Gasteiger partial charge in [-0.25, -0.2) is 9.89 Å². The van der Waals surface area contributed by atoms with Crippen LogP contribution in [0.4, 0.5) is 10.5 Å². The largest absolute Gasteiger partial charge is 0.453 e. The lowest BCUT2D eigenvalue weighted by Crippen LogP contribution is -2.31. The number of hydrogen-bond donors (Lipinski definition) is 3. The Bertz CT molecular complexity index is 1650. The van der Waals surface area contributed by atoms with E-state index in [1.54, 1.807) is 66.4 Å². The number of ether oxygens (including phenoxy) is 1. The number of nitrogens with one attached hydrogen (secondary N) is 3. The van der Waals surface area contributed by atoms with E-state index in [2.05, 4.69) is 61.9 Å². The Morgan fingerprint density at radius 2 is 1.93 bits per heavy atom. The van der Waals surface area contributed by atoms with Crippen LogP contribution in [0.3, 0.4) is 0 Å². The van der Waals surface area contributed by atoms with Crippen LogP contribution in [0.25, 0.3) is 22.9 Å². The summed E-state index contributed by atoms with van der Waals surface area (Å²) in [6, 6.07) is 13.1. The molecule has 0 spiro atoms. The van der Waals surface area contributed by atoms with E-state index >= 15 is 0 Å². The number of hydrogen-bond acceptors (Lipinski definition) is 9. The predicted molar refractivity (Wildman–Crippen MR) is 167 cm³/mol. The van der Waals surface area contributed by atoms with Gasteiger partial charge in [-0.15, -0.1) is 5.10 Å². The van der Waals surface area contributed by atoms with Crippen molar-refractivity contribution in [2.75, 3.05) is 23.9 Å². The third-order valence-corrected chi connectivity index (χ3v) is 7.82. The van der Waals surface area contributed by atoms with Crippen LogP contribution in [0.15, 0.2) is 65.7 Å². The van der Waals surface area contributed by atoms with E-state index in [0.717, 1.165) is 5.75 Å². The van der Waals surface area contributed by atoms with Gasteiger partial charge in [0, 0.05) is 28.1 Å². The van der Waals surface area contributed by atoms with Gasteiger partial charge in [0.05, 0.1) is 30.1 Å². The Hall–Kier alpha value is -4.49. The standard InChI is InChI=1S/C29H31ClN8O4S/c1-29(2,3)16-43-15-24(33-26(39)12-7-19-13-20(30)8-11-25(19)38-17-31-36-37-38)23-14-22(27(40)35-34-23)18-5-9-21(10-6-18)32-28(41)42-4/h5-14,17,24H,15-16H2,1-4H3,(H,32,41)(H,33,39)(H,35,40)/b12-7+/t24-/m0/s1. The van der Waals surface area contributed by atoms with Crippen molar-refractivity contribution in [3.05, 3.63) is 87.6 Å². The number of aromatic amines is 1. The number of benzene rings is 2. The van der Waals surface area contributed by atoms with E-state index < -0.39 is 12.1 Å². The Morgan fingerprint density at radius 3 is 2.60 bits per heavy atom. The lowest BCUT2D eigenvalue weighted by Gasteiger charge is -2.21. The zero-order chi connectivity index (χ0) is 31.0. The molecular formula is C29H31ClN8O4S. The maximum Gasteiger partial charge on any atom is 0.411 e. The molecule has 2 aromatic carbocycles. The second kappa shape index (κ2) is 14.1. The summed E-state index contributed by atoms with van der Waals surface area (Å²) in [7, 11) is 1.28. The summed E-state index contributed by atoms with van der Waals surface area (Å²) in [5.74, 6) is 0.999. The number of rotatable bonds is 10. The highest BCUT2D eigenvalue weighted by Crippen LogP contribution is 2.26. The molecule has 224 valence electrons. The summed E-state index contributed by atoms with van der Waals surface area (Å²) in [4.78, 5) is 37.4. The molecule has 0 aliphatic rings. The van der Waals surface area contributed by atoms with Crippen LogP contribution in [0, 0.1) is 5.41 Å². The fourth-order valence-electron chi connectivity index (χ4n) is 3.92. The summed E-state index contributed by atoms with van der Waals surface area (Å²) in [6.07, 6.45) is 3.89. The highest BCUT2D eigenvalue weighted by Gasteiger charge is 2.20. The number of carbonyl (C=O) groups excluding carboxylic acids is 2. The van der Waals surface area contributed by atoms with Crippen molar-refractivity contribution in [1.82, 2.24) is 35.7 Å². The molecule has 0 saturated heterocycles. The fourth-order valence-corrected chi connectivity index (χ4v) is 5.33. The van der Waals surface area contributed by atoms with Gasteiger partial charge in [0.15, 0.2) is 0 Å². The van der Waals surface area contributed by atoms with Crippen LogP contribution < -0.4 is 16.2 Å². The number of anilines is 1. The van der Waals surface area contributed by atoms with Crippen LogP contribution in [0.2, 0.25) is 5.02 Å². The number of H-pyrrole nitrogens is 1. The molecule has 2 aromatic heterocycles. The van der Waals surface area contributed by atoms with Crippen molar-refractivity contribution in [2.45, 2.75) is 26.8 Å². The van der Waals surface area contributed by atoms with Crippen molar-refractivity contribution in [1.29, 1.82) is 0 Å². The number of aromatic nitrogens is 6. The molecule has 2 amide bonds. The van der Waals surface area contributed by atoms with Crippen molar-refractivity contribution in [2.24, 2.45) is 5.41 Å². The minimum absolute atomic E-state index is 0.0713. The third-order valence-electron chi connectivity index (χ3n) is 5.94. The Labute approximate surface area is 257 Å². The molecule has 0 radical (unpaired) electrons. The van der Waals surface area contributed by atoms with E-state index in [0.29, 0.717) is 44.5 Å². The van der Waals surface area contributed by atoms with Gasteiger partial charge in [0.2, 0.25) is 5.91 Å². The van der Waals surface area contributed by atoms with Crippen LogP contribution in [-0.4, -0.2) is 61.0 Å². The van der Waals surface area contributed by atoms with E-state index in [9.17, 15) is 14.4 Å². The zero-order valence-corrected chi connectivity index (χ0v) is 25.6. The van der Waals surface area contributed by atoms with Gasteiger partial charge in [-0.05, 0) is 69.6 Å². The molecule has 4 rings (SSSR count). The number of carbonyl (C=O) groups is 2. The van der Waals surface area contributed by atoms with E-state index in [1.165, 1.54) is 24.2 Å². The van der Waals surface area contributed by atoms with Crippen LogP contribution in [0.1, 0.15) is 38.1 Å². The molecule has 0 fully saturated rings. The van der Waals surface area contributed by atoms with E-state index in [-0.39, 0.29) is 16.9 Å². The summed E-state index contributed by atoms with van der Waals surface area (Å²) < 4.78 is 6.09. The average Bonchev–Trinajstić information content (AvgIpc) is 3.50. The fraction of sp³-hybridized carbons (Fsp3) is 0.276. The molecular weight excluding hydrogens is 592 g/mol. The van der Waals surface area contributed by atoms with Gasteiger partial charge in [-0.3, -0.25) is 14.9 Å². The van der Waals surface area contributed by atoms with Gasteiger partial charge in [0.1, 0.15) is 6.33 Å². The zero-order valence-electron chi connectivity index (χ0n) is 24.0. The van der Waals surface area contributed by atoms with Gasteiger partial charge in [-0.1, -0.05) is 44.5 Å². The van der Waals surface area contributed by atoms with Crippen LogP contribution in [0.5, 0.6) is 0 Å². The second-order valence-corrected chi connectivity index (χ2v) is 12.1. The lowest BCUT2D eigenvalue weighted by molar-refractivity contribution is -0.117. The van der Waals surface area contributed by atoms with Gasteiger partial charge < -0.3 is 10.1 Å². The van der Waals surface area contributed by atoms with E-state index in [4.69, 9.17) is 11.6 Å². The first kappa shape index (κ1) is 31.4. The number of amides is 2. The highest BCUT2D eigenvalue weighted by atomic mass is 35.5. The molecule has 3 N–H and O–H groups in total. The smallest absolute Gasteiger partial charge is 0.411 e. The number of nitrogens with zero attached hydrogens (tertiary/aromatic N) is 5. The number of thioether (sulfide) groups is 1. The molecule has 0 saturated carbocycles. The van der Waals surface area contributed by atoms with E-state index in [1.807, 2.05) is 0 Å². The van der Waals surface area contributed by atoms with Gasteiger partial charge in [-0.2, -0.15) is 21.5 Å². The highest BCUT2D eigenvalue weighted by molar-refractivity contribution is 7.99. The third kappa shape index (κ3) is 9.00. The van der Waals surface area contributed by atoms with Crippen LogP contribution in [-0.2, 0) is 9.53 Å². The van der Waals surface area contributed by atoms with Crippen molar-refractivity contribution in [3.63, 3.8) is 0 Å². The first-order valence-electron chi connectivity index (χ1n) is 13.2. The summed E-state index contributed by atoms with van der Waals surface area (Å²) in [5.41, 5.74) is 2.96. The number of tetrazole rings is 1. The van der Waals surface area contributed by atoms with Gasteiger partial charge >= 0.3 is 6.09 Å². The summed E-state index contributed by atoms with van der Waals surface area (Å²) in [6.45, 7) is 6.41. The topological polar surface area (TPSA) is 157 Å². The number of methoxy groups -OCH3 is 1. The predicted octanol–water partition coefficient (Wildman–Crippen LogP) is 4.89. The summed E-state index contributed by atoms with van der Waals surface area (Å²) >= 11 is 7.88. The van der Waals surface area contributed by atoms with Crippen LogP contribution >= 0.6 is 23.4 Å². The summed E-state index contributed by atoms with van der Waals surface area (Å²) in [5, 5.41) is 24.2. The Morgan fingerprint density at radius 1 is 1.16 bits per heavy atom. The minimum atomic E-state index is -0.598. The van der Waals surface area contributed by atoms with Gasteiger partial charge in [0.25, 0.3) is 5.56 Å². The average molecular weight is 623 g/mol. The Kier molecular flexibility index (Phi) is 10.3. The molecule has 0 aliphatic heterocycles. The van der Waals surface area contributed by atoms with Crippen molar-refractivity contribution < 1.29 is 14.3 Å². The molecule has 0 unspecified atom stereocenters. The normalized spacial score (nSPS) is 12.2. The number of halogens is 1. The SMILES string of the molecule is COC(=O)Nc1ccc(-c2cc([C@H](CSCC(C)(C)C)NC(=O)/C=C/c3cc(Cl)ccc3-n3cnnn3)n[nH]c2=O)cc1. The molecule has 4 aromatic rings. The molecule has 12 nitrogen and oxygen atoms in total. The molecule has 2 heterocycles. The first-order valence-corrected chi connectivity index (χ1v) is 14.7. The monoisotopic (exact) mass is 622 g/mol. The molecule has 1 atom stereocenters.